The fourth-order valence-electron chi connectivity index (χ4n) is 5.08. The first-order valence-electron chi connectivity index (χ1n) is 10.4. The quantitative estimate of drug-likeness (QED) is 0.423. The average molecular weight is 470 g/mol. The van der Waals surface area contributed by atoms with E-state index in [1.54, 1.807) is 30.3 Å². The Labute approximate surface area is 201 Å². The van der Waals surface area contributed by atoms with E-state index in [0.717, 1.165) is 16.8 Å². The highest BCUT2D eigenvalue weighted by Gasteiger charge is 2.63. The van der Waals surface area contributed by atoms with Crippen LogP contribution < -0.4 is 4.90 Å². The van der Waals surface area contributed by atoms with Crippen molar-refractivity contribution in [3.05, 3.63) is 106 Å². The Kier molecular flexibility index (Phi) is 5.22. The molecule has 0 bridgehead atoms. The maximum absolute atomic E-state index is 14.0. The molecule has 33 heavy (non-hydrogen) atoms. The Balaban J connectivity index is 1.78. The molecule has 0 N–H and O–H groups in total. The van der Waals surface area contributed by atoms with Gasteiger partial charge in [0.1, 0.15) is 6.04 Å². The van der Waals surface area contributed by atoms with E-state index >= 15 is 0 Å². The summed E-state index contributed by atoms with van der Waals surface area (Å²) in [7, 11) is 0. The number of Topliss-reactive ketones (excluding diaryl/α,β-unsaturated/α-hetero) is 1. The van der Waals surface area contributed by atoms with E-state index < -0.39 is 23.4 Å². The standard InChI is InChI=1S/C27H17Cl2N3O/c28-20-9-6-18(7-10-20)26(33)25-24(17-4-2-1-3-5-17)27(15-30,16-31)23-13-8-19-14-21(29)11-12-22(19)32(23)25/h1-14,23-25H/t23-,24+,25-/m1/s1. The van der Waals surface area contributed by atoms with Gasteiger partial charge in [0, 0.05) is 27.2 Å². The summed E-state index contributed by atoms with van der Waals surface area (Å²) in [5.41, 5.74) is 1.38. The number of nitriles is 2. The summed E-state index contributed by atoms with van der Waals surface area (Å²) in [5.74, 6) is -0.845. The van der Waals surface area contributed by atoms with Gasteiger partial charge in [-0.15, -0.1) is 0 Å². The van der Waals surface area contributed by atoms with Crippen molar-refractivity contribution in [2.75, 3.05) is 4.90 Å². The Morgan fingerprint density at radius 3 is 2.24 bits per heavy atom. The maximum atomic E-state index is 14.0. The number of hydrogen-bond donors (Lipinski definition) is 0. The van der Waals surface area contributed by atoms with Gasteiger partial charge in [-0.3, -0.25) is 4.79 Å². The van der Waals surface area contributed by atoms with Crippen LogP contribution in [0.3, 0.4) is 0 Å². The summed E-state index contributed by atoms with van der Waals surface area (Å²) in [6.45, 7) is 0. The average Bonchev–Trinajstić information content (AvgIpc) is 3.15. The molecule has 0 aliphatic carbocycles. The van der Waals surface area contributed by atoms with E-state index in [-0.39, 0.29) is 5.78 Å². The zero-order valence-electron chi connectivity index (χ0n) is 17.3. The molecule has 2 aliphatic rings. The highest BCUT2D eigenvalue weighted by molar-refractivity contribution is 6.31. The monoisotopic (exact) mass is 469 g/mol. The molecule has 2 aliphatic heterocycles. The van der Waals surface area contributed by atoms with Gasteiger partial charge in [-0.1, -0.05) is 65.7 Å². The van der Waals surface area contributed by atoms with Crippen LogP contribution in [0, 0.1) is 28.1 Å². The van der Waals surface area contributed by atoms with Crippen LogP contribution in [0.2, 0.25) is 10.0 Å². The third-order valence-electron chi connectivity index (χ3n) is 6.52. The number of carbonyl (C=O) groups is 1. The maximum Gasteiger partial charge on any atom is 0.185 e. The summed E-state index contributed by atoms with van der Waals surface area (Å²) in [4.78, 5) is 16.0. The second-order valence-electron chi connectivity index (χ2n) is 8.21. The summed E-state index contributed by atoms with van der Waals surface area (Å²) < 4.78 is 0. The molecule has 4 nitrogen and oxygen atoms in total. The van der Waals surface area contributed by atoms with Crippen molar-refractivity contribution in [3.8, 4) is 12.1 Å². The molecule has 1 saturated heterocycles. The van der Waals surface area contributed by atoms with Gasteiger partial charge in [0.05, 0.1) is 18.2 Å². The molecular formula is C27H17Cl2N3O. The van der Waals surface area contributed by atoms with Crippen molar-refractivity contribution >= 4 is 40.7 Å². The fourth-order valence-corrected chi connectivity index (χ4v) is 5.39. The topological polar surface area (TPSA) is 67.9 Å². The summed E-state index contributed by atoms with van der Waals surface area (Å²) >= 11 is 12.3. The number of ketones is 1. The molecule has 1 fully saturated rings. The van der Waals surface area contributed by atoms with Crippen LogP contribution in [-0.2, 0) is 0 Å². The molecule has 0 spiro atoms. The second kappa shape index (κ2) is 8.09. The van der Waals surface area contributed by atoms with Crippen LogP contribution in [0.15, 0.2) is 78.9 Å². The Bertz CT molecular complexity index is 1340. The number of carbonyl (C=O) groups excluding carboxylic acids is 1. The van der Waals surface area contributed by atoms with Gasteiger partial charge in [0.15, 0.2) is 11.2 Å². The van der Waals surface area contributed by atoms with E-state index in [9.17, 15) is 15.3 Å². The molecule has 0 aromatic heterocycles. The van der Waals surface area contributed by atoms with Gasteiger partial charge in [-0.05, 0) is 53.6 Å². The van der Waals surface area contributed by atoms with Crippen LogP contribution in [0.1, 0.15) is 27.4 Å². The van der Waals surface area contributed by atoms with Crippen molar-refractivity contribution in [1.29, 1.82) is 10.5 Å². The predicted molar refractivity (Wildman–Crippen MR) is 129 cm³/mol. The van der Waals surface area contributed by atoms with Gasteiger partial charge in [-0.25, -0.2) is 0 Å². The molecule has 6 heteroatoms. The third-order valence-corrected chi connectivity index (χ3v) is 7.01. The predicted octanol–water partition coefficient (Wildman–Crippen LogP) is 6.28. The number of hydrogen-bond acceptors (Lipinski definition) is 4. The van der Waals surface area contributed by atoms with Crippen molar-refractivity contribution in [2.24, 2.45) is 5.41 Å². The number of nitrogens with zero attached hydrogens (tertiary/aromatic N) is 3. The molecule has 0 radical (unpaired) electrons. The lowest BCUT2D eigenvalue weighted by Crippen LogP contribution is -2.44. The Hall–Kier alpha value is -3.57. The lowest BCUT2D eigenvalue weighted by Gasteiger charge is -2.35. The first-order valence-corrected chi connectivity index (χ1v) is 11.2. The third kappa shape index (κ3) is 3.23. The number of rotatable bonds is 3. The van der Waals surface area contributed by atoms with Crippen LogP contribution in [0.4, 0.5) is 5.69 Å². The summed E-state index contributed by atoms with van der Waals surface area (Å²) in [6.07, 6.45) is 3.72. The SMILES string of the molecule is N#CC1(C#N)[C@@H](c2ccccc2)[C@H](C(=O)c2ccc(Cl)cc2)N2c3ccc(Cl)cc3C=C[C@@H]21. The molecule has 0 saturated carbocycles. The minimum Gasteiger partial charge on any atom is -0.351 e. The van der Waals surface area contributed by atoms with Crippen molar-refractivity contribution in [2.45, 2.75) is 18.0 Å². The lowest BCUT2D eigenvalue weighted by atomic mass is 9.69. The summed E-state index contributed by atoms with van der Waals surface area (Å²) in [5, 5.41) is 21.9. The van der Waals surface area contributed by atoms with Crippen LogP contribution in [0.5, 0.6) is 0 Å². The lowest BCUT2D eigenvalue weighted by molar-refractivity contribution is 0.0951. The van der Waals surface area contributed by atoms with Crippen LogP contribution in [0.25, 0.3) is 6.08 Å². The molecule has 3 aromatic rings. The Morgan fingerprint density at radius 1 is 0.909 bits per heavy atom. The fraction of sp³-hybridized carbons (Fsp3) is 0.148. The largest absolute Gasteiger partial charge is 0.351 e. The van der Waals surface area contributed by atoms with E-state index in [1.807, 2.05) is 59.5 Å². The molecule has 0 unspecified atom stereocenters. The minimum atomic E-state index is -1.47. The molecular weight excluding hydrogens is 453 g/mol. The minimum absolute atomic E-state index is 0.172. The molecule has 160 valence electrons. The second-order valence-corrected chi connectivity index (χ2v) is 9.08. The van der Waals surface area contributed by atoms with Crippen molar-refractivity contribution in [3.63, 3.8) is 0 Å². The van der Waals surface area contributed by atoms with Gasteiger partial charge in [0.25, 0.3) is 0 Å². The van der Waals surface area contributed by atoms with E-state index in [4.69, 9.17) is 23.2 Å². The van der Waals surface area contributed by atoms with Gasteiger partial charge >= 0.3 is 0 Å². The number of fused-ring (bicyclic) bond motifs is 3. The van der Waals surface area contributed by atoms with Crippen LogP contribution in [-0.4, -0.2) is 17.9 Å². The molecule has 0 amide bonds. The molecule has 3 atom stereocenters. The van der Waals surface area contributed by atoms with Crippen molar-refractivity contribution in [1.82, 2.24) is 0 Å². The summed E-state index contributed by atoms with van der Waals surface area (Å²) in [6, 6.07) is 24.7. The van der Waals surface area contributed by atoms with E-state index in [1.165, 1.54) is 0 Å². The normalized spacial score (nSPS) is 22.1. The van der Waals surface area contributed by atoms with Gasteiger partial charge in [0.2, 0.25) is 0 Å². The van der Waals surface area contributed by atoms with Gasteiger partial charge in [-0.2, -0.15) is 10.5 Å². The highest BCUT2D eigenvalue weighted by Crippen LogP contribution is 2.55. The number of anilines is 1. The van der Waals surface area contributed by atoms with Crippen molar-refractivity contribution < 1.29 is 4.79 Å². The van der Waals surface area contributed by atoms with E-state index in [0.29, 0.717) is 15.6 Å². The zero-order chi connectivity index (χ0) is 23.2. The highest BCUT2D eigenvalue weighted by atomic mass is 35.5. The molecule has 3 aromatic carbocycles. The van der Waals surface area contributed by atoms with E-state index in [2.05, 4.69) is 12.1 Å². The molecule has 2 heterocycles. The first-order chi connectivity index (χ1) is 16.0. The smallest absolute Gasteiger partial charge is 0.185 e. The Morgan fingerprint density at radius 2 is 1.58 bits per heavy atom. The number of benzene rings is 3. The first kappa shape index (κ1) is 21.3. The van der Waals surface area contributed by atoms with Crippen LogP contribution >= 0.6 is 23.2 Å². The zero-order valence-corrected chi connectivity index (χ0v) is 18.8. The number of halogens is 2. The molecule has 5 rings (SSSR count). The van der Waals surface area contributed by atoms with Gasteiger partial charge < -0.3 is 4.90 Å².